The number of halogens is 2. The molecule has 0 saturated carbocycles. The number of hydrogen-bond donors (Lipinski definition) is 1. The number of ether oxygens (including phenoxy) is 1. The van der Waals surface area contributed by atoms with E-state index in [4.69, 9.17) is 27.9 Å². The molecule has 0 heterocycles. The molecule has 1 N–H and O–H groups in total. The second-order valence-corrected chi connectivity index (χ2v) is 6.07. The summed E-state index contributed by atoms with van der Waals surface area (Å²) in [5.74, 6) is 0.737. The zero-order valence-corrected chi connectivity index (χ0v) is 12.5. The summed E-state index contributed by atoms with van der Waals surface area (Å²) in [5, 5.41) is 4.53. The predicted octanol–water partition coefficient (Wildman–Crippen LogP) is 4.36. The van der Waals surface area contributed by atoms with Gasteiger partial charge in [0.15, 0.2) is 0 Å². The maximum atomic E-state index is 6.20. The molecule has 0 aliphatic carbocycles. The van der Waals surface area contributed by atoms with Crippen LogP contribution in [0.5, 0.6) is 5.75 Å². The van der Waals surface area contributed by atoms with E-state index in [0.29, 0.717) is 16.6 Å². The highest BCUT2D eigenvalue weighted by atomic mass is 35.5. The number of nitrogens with one attached hydrogen (secondary N) is 1. The van der Waals surface area contributed by atoms with E-state index in [9.17, 15) is 0 Å². The Balaban J connectivity index is 2.83. The van der Waals surface area contributed by atoms with Gasteiger partial charge < -0.3 is 10.1 Å². The molecule has 0 bridgehead atoms. The van der Waals surface area contributed by atoms with Gasteiger partial charge in [0.05, 0.1) is 0 Å². The molecule has 0 aliphatic rings. The van der Waals surface area contributed by atoms with E-state index in [-0.39, 0.29) is 12.1 Å². The fraction of sp³-hybridized carbons (Fsp3) is 0.429. The maximum absolute atomic E-state index is 6.20. The van der Waals surface area contributed by atoms with Crippen LogP contribution in [-0.4, -0.2) is 12.1 Å². The molecule has 0 amide bonds. The Hall–Kier alpha value is -0.700. The Morgan fingerprint density at radius 2 is 2.06 bits per heavy atom. The lowest BCUT2D eigenvalue weighted by atomic mass is 10.1. The van der Waals surface area contributed by atoms with E-state index in [0.717, 1.165) is 11.3 Å². The molecule has 18 heavy (non-hydrogen) atoms. The van der Waals surface area contributed by atoms with Crippen LogP contribution in [0.15, 0.2) is 29.8 Å². The van der Waals surface area contributed by atoms with E-state index in [1.54, 1.807) is 0 Å². The van der Waals surface area contributed by atoms with Gasteiger partial charge in [0.1, 0.15) is 12.4 Å². The fourth-order valence-electron chi connectivity index (χ4n) is 1.36. The van der Waals surface area contributed by atoms with Crippen LogP contribution < -0.4 is 10.1 Å². The summed E-state index contributed by atoms with van der Waals surface area (Å²) in [5.41, 5.74) is 0.957. The first-order valence-corrected chi connectivity index (χ1v) is 6.53. The minimum Gasteiger partial charge on any atom is -0.488 e. The van der Waals surface area contributed by atoms with Crippen molar-refractivity contribution in [2.45, 2.75) is 32.9 Å². The minimum atomic E-state index is 0.0204. The van der Waals surface area contributed by atoms with Crippen LogP contribution in [0.4, 0.5) is 0 Å². The number of benzene rings is 1. The Bertz CT molecular complexity index is 424. The lowest BCUT2D eigenvalue weighted by molar-refractivity contribution is 0.349. The first-order chi connectivity index (χ1) is 8.29. The summed E-state index contributed by atoms with van der Waals surface area (Å²) in [6.07, 6.45) is 0. The normalized spacial score (nSPS) is 11.4. The molecular formula is C14H19Cl2NO. The van der Waals surface area contributed by atoms with E-state index < -0.39 is 0 Å². The standard InChI is InChI=1S/C14H19Cl2NO/c1-10(15)9-18-13-7-5-6-12(16)11(13)8-17-14(2,3)4/h5-7,17H,1,8-9H2,2-4H3. The van der Waals surface area contributed by atoms with E-state index in [2.05, 4.69) is 32.7 Å². The molecular weight excluding hydrogens is 269 g/mol. The second kappa shape index (κ2) is 6.46. The van der Waals surface area contributed by atoms with E-state index in [1.165, 1.54) is 0 Å². The van der Waals surface area contributed by atoms with Crippen molar-refractivity contribution < 1.29 is 4.74 Å². The van der Waals surface area contributed by atoms with Crippen molar-refractivity contribution in [2.75, 3.05) is 6.61 Å². The van der Waals surface area contributed by atoms with Crippen LogP contribution in [0.3, 0.4) is 0 Å². The second-order valence-electron chi connectivity index (χ2n) is 5.13. The molecule has 1 aromatic rings. The van der Waals surface area contributed by atoms with Gasteiger partial charge in [0.2, 0.25) is 0 Å². The van der Waals surface area contributed by atoms with Gasteiger partial charge in [-0.25, -0.2) is 0 Å². The van der Waals surface area contributed by atoms with Crippen LogP contribution >= 0.6 is 23.2 Å². The zero-order valence-electron chi connectivity index (χ0n) is 11.0. The Morgan fingerprint density at radius 3 is 2.61 bits per heavy atom. The van der Waals surface area contributed by atoms with Crippen LogP contribution in [0.1, 0.15) is 26.3 Å². The van der Waals surface area contributed by atoms with E-state index >= 15 is 0 Å². The molecule has 0 fully saturated rings. The van der Waals surface area contributed by atoms with Crippen molar-refractivity contribution in [3.63, 3.8) is 0 Å². The summed E-state index contributed by atoms with van der Waals surface area (Å²) in [6, 6.07) is 5.59. The first-order valence-electron chi connectivity index (χ1n) is 5.78. The fourth-order valence-corrected chi connectivity index (χ4v) is 1.64. The van der Waals surface area contributed by atoms with Gasteiger partial charge in [0, 0.05) is 27.7 Å². The lowest BCUT2D eigenvalue weighted by Crippen LogP contribution is -2.35. The third kappa shape index (κ3) is 5.30. The largest absolute Gasteiger partial charge is 0.488 e. The SMILES string of the molecule is C=C(Cl)COc1cccc(Cl)c1CNC(C)(C)C. The third-order valence-corrected chi connectivity index (χ3v) is 2.72. The molecule has 2 nitrogen and oxygen atoms in total. The van der Waals surface area contributed by atoms with Gasteiger partial charge in [-0.2, -0.15) is 0 Å². The number of hydrogen-bond acceptors (Lipinski definition) is 2. The van der Waals surface area contributed by atoms with Gasteiger partial charge in [-0.1, -0.05) is 35.8 Å². The molecule has 0 saturated heterocycles. The summed E-state index contributed by atoms with van der Waals surface area (Å²) >= 11 is 11.9. The van der Waals surface area contributed by atoms with Crippen molar-refractivity contribution in [1.29, 1.82) is 0 Å². The summed E-state index contributed by atoms with van der Waals surface area (Å²) in [6.45, 7) is 10.8. The molecule has 0 aromatic heterocycles. The molecule has 100 valence electrons. The highest BCUT2D eigenvalue weighted by molar-refractivity contribution is 6.31. The van der Waals surface area contributed by atoms with Crippen molar-refractivity contribution >= 4 is 23.2 Å². The monoisotopic (exact) mass is 287 g/mol. The van der Waals surface area contributed by atoms with Crippen molar-refractivity contribution in [3.05, 3.63) is 40.4 Å². The molecule has 0 aliphatic heterocycles. The van der Waals surface area contributed by atoms with Crippen LogP contribution in [-0.2, 0) is 6.54 Å². The van der Waals surface area contributed by atoms with Gasteiger partial charge in [-0.05, 0) is 32.9 Å². The topological polar surface area (TPSA) is 21.3 Å². The Kier molecular flexibility index (Phi) is 5.51. The maximum Gasteiger partial charge on any atom is 0.125 e. The van der Waals surface area contributed by atoms with Gasteiger partial charge in [-0.3, -0.25) is 0 Å². The highest BCUT2D eigenvalue weighted by Crippen LogP contribution is 2.27. The van der Waals surface area contributed by atoms with Crippen molar-refractivity contribution in [2.24, 2.45) is 0 Å². The first kappa shape index (κ1) is 15.4. The molecule has 0 spiro atoms. The average molecular weight is 288 g/mol. The summed E-state index contributed by atoms with van der Waals surface area (Å²) < 4.78 is 5.59. The molecule has 0 unspecified atom stereocenters. The zero-order chi connectivity index (χ0) is 13.8. The van der Waals surface area contributed by atoms with E-state index in [1.807, 2.05) is 18.2 Å². The third-order valence-electron chi connectivity index (χ3n) is 2.26. The number of rotatable bonds is 5. The van der Waals surface area contributed by atoms with Crippen molar-refractivity contribution in [3.8, 4) is 5.75 Å². The molecule has 1 rings (SSSR count). The molecule has 0 radical (unpaired) electrons. The Morgan fingerprint density at radius 1 is 1.39 bits per heavy atom. The average Bonchev–Trinajstić information content (AvgIpc) is 2.23. The molecule has 1 aromatic carbocycles. The van der Waals surface area contributed by atoms with Gasteiger partial charge in [0.25, 0.3) is 0 Å². The molecule has 0 atom stereocenters. The van der Waals surface area contributed by atoms with Crippen LogP contribution in [0, 0.1) is 0 Å². The smallest absolute Gasteiger partial charge is 0.125 e. The summed E-state index contributed by atoms with van der Waals surface area (Å²) in [7, 11) is 0. The lowest BCUT2D eigenvalue weighted by Gasteiger charge is -2.22. The Labute approximate surface area is 119 Å². The summed E-state index contributed by atoms with van der Waals surface area (Å²) in [4.78, 5) is 0. The highest BCUT2D eigenvalue weighted by Gasteiger charge is 2.13. The van der Waals surface area contributed by atoms with Crippen LogP contribution in [0.25, 0.3) is 0 Å². The van der Waals surface area contributed by atoms with Gasteiger partial charge >= 0.3 is 0 Å². The minimum absolute atomic E-state index is 0.0204. The van der Waals surface area contributed by atoms with Gasteiger partial charge in [-0.15, -0.1) is 0 Å². The molecule has 4 heteroatoms. The predicted molar refractivity (Wildman–Crippen MR) is 78.5 cm³/mol. The van der Waals surface area contributed by atoms with Crippen molar-refractivity contribution in [1.82, 2.24) is 5.32 Å². The quantitative estimate of drug-likeness (QED) is 0.869. The van der Waals surface area contributed by atoms with Crippen LogP contribution in [0.2, 0.25) is 5.02 Å².